The first-order valence-electron chi connectivity index (χ1n) is 6.42. The number of nitrogens with zero attached hydrogens (tertiary/aromatic N) is 1. The fourth-order valence-corrected chi connectivity index (χ4v) is 2.20. The first kappa shape index (κ1) is 17.5. The third-order valence-electron chi connectivity index (χ3n) is 2.40. The highest BCUT2D eigenvalue weighted by Gasteiger charge is 2.40. The molecule has 1 saturated heterocycles. The summed E-state index contributed by atoms with van der Waals surface area (Å²) >= 11 is 0.638. The summed E-state index contributed by atoms with van der Waals surface area (Å²) in [5, 5.41) is -0.178. The van der Waals surface area contributed by atoms with Gasteiger partial charge in [0.15, 0.2) is 0 Å². The third kappa shape index (κ3) is 5.04. The summed E-state index contributed by atoms with van der Waals surface area (Å²) in [6.45, 7) is 8.03. The molecular formula is C13H19NO6S. The molecule has 7 nitrogen and oxygen atoms in total. The van der Waals surface area contributed by atoms with Crippen LogP contribution in [0.1, 0.15) is 47.5 Å². The zero-order valence-corrected chi connectivity index (χ0v) is 13.5. The summed E-state index contributed by atoms with van der Waals surface area (Å²) in [6, 6.07) is 0. The van der Waals surface area contributed by atoms with Crippen LogP contribution in [0.15, 0.2) is 0 Å². The molecule has 0 bridgehead atoms. The molecule has 1 heterocycles. The van der Waals surface area contributed by atoms with Crippen LogP contribution < -0.4 is 0 Å². The number of carbonyl (C=O) groups is 4. The smallest absolute Gasteiger partial charge is 0.368 e. The van der Waals surface area contributed by atoms with Gasteiger partial charge in [0.1, 0.15) is 10.3 Å². The van der Waals surface area contributed by atoms with Crippen molar-refractivity contribution in [1.82, 2.24) is 5.06 Å². The van der Waals surface area contributed by atoms with Gasteiger partial charge in [0, 0.05) is 12.8 Å². The predicted octanol–water partition coefficient (Wildman–Crippen LogP) is 2.04. The van der Waals surface area contributed by atoms with Gasteiger partial charge in [0.05, 0.1) is 0 Å². The van der Waals surface area contributed by atoms with Crippen LogP contribution in [0.2, 0.25) is 0 Å². The van der Waals surface area contributed by atoms with Crippen molar-refractivity contribution in [2.24, 2.45) is 0 Å². The molecule has 21 heavy (non-hydrogen) atoms. The fraction of sp³-hybridized carbons (Fsp3) is 0.692. The van der Waals surface area contributed by atoms with Crippen LogP contribution in [0.5, 0.6) is 0 Å². The van der Waals surface area contributed by atoms with Crippen molar-refractivity contribution in [2.45, 2.75) is 57.8 Å². The maximum absolute atomic E-state index is 12.0. The summed E-state index contributed by atoms with van der Waals surface area (Å²) in [4.78, 5) is 51.3. The van der Waals surface area contributed by atoms with Gasteiger partial charge in [-0.2, -0.15) is 0 Å². The van der Waals surface area contributed by atoms with E-state index in [9.17, 15) is 19.2 Å². The molecule has 0 N–H and O–H groups in total. The maximum atomic E-state index is 12.0. The number of ether oxygens (including phenoxy) is 1. The summed E-state index contributed by atoms with van der Waals surface area (Å²) in [5.41, 5.74) is -0.676. The molecule has 2 amide bonds. The van der Waals surface area contributed by atoms with Crippen LogP contribution in [0.3, 0.4) is 0 Å². The monoisotopic (exact) mass is 317 g/mol. The quantitative estimate of drug-likeness (QED) is 0.581. The van der Waals surface area contributed by atoms with E-state index in [2.05, 4.69) is 0 Å². The highest BCUT2D eigenvalue weighted by Crippen LogP contribution is 2.30. The van der Waals surface area contributed by atoms with Gasteiger partial charge in [0.25, 0.3) is 11.8 Å². The van der Waals surface area contributed by atoms with Crippen LogP contribution in [0.25, 0.3) is 0 Å². The Balaban J connectivity index is 2.65. The molecule has 0 aromatic rings. The van der Waals surface area contributed by atoms with Crippen molar-refractivity contribution < 1.29 is 28.8 Å². The lowest BCUT2D eigenvalue weighted by molar-refractivity contribution is -0.198. The highest BCUT2D eigenvalue weighted by molar-refractivity contribution is 8.15. The van der Waals surface area contributed by atoms with Crippen molar-refractivity contribution in [3.63, 3.8) is 0 Å². The summed E-state index contributed by atoms with van der Waals surface area (Å²) in [5.74, 6) is -1.99. The largest absolute Gasteiger partial charge is 0.452 e. The number of thioether (sulfide) groups is 1. The minimum atomic E-state index is -1.29. The molecule has 0 radical (unpaired) electrons. The number of carbonyl (C=O) groups excluding carboxylic acids is 4. The first-order chi connectivity index (χ1) is 9.42. The molecule has 0 saturated carbocycles. The Morgan fingerprint density at radius 3 is 1.95 bits per heavy atom. The van der Waals surface area contributed by atoms with Crippen LogP contribution >= 0.6 is 11.8 Å². The molecule has 0 aromatic heterocycles. The highest BCUT2D eigenvalue weighted by atomic mass is 32.2. The average molecular weight is 317 g/mol. The normalized spacial score (nSPS) is 16.1. The topological polar surface area (TPSA) is 90.0 Å². The van der Waals surface area contributed by atoms with E-state index in [1.165, 1.54) is 13.8 Å². The number of amides is 2. The van der Waals surface area contributed by atoms with E-state index >= 15 is 0 Å². The van der Waals surface area contributed by atoms with Crippen molar-refractivity contribution in [3.8, 4) is 0 Å². The fourth-order valence-electron chi connectivity index (χ4n) is 1.37. The zero-order valence-electron chi connectivity index (χ0n) is 12.7. The van der Waals surface area contributed by atoms with Gasteiger partial charge in [0.2, 0.25) is 0 Å². The second kappa shape index (κ2) is 6.05. The van der Waals surface area contributed by atoms with Crippen LogP contribution in [0, 0.1) is 0 Å². The molecule has 0 aliphatic carbocycles. The van der Waals surface area contributed by atoms with Crippen LogP contribution in [-0.2, 0) is 24.0 Å². The van der Waals surface area contributed by atoms with Gasteiger partial charge >= 0.3 is 11.3 Å². The molecule has 0 aromatic carbocycles. The van der Waals surface area contributed by atoms with Gasteiger partial charge in [-0.1, -0.05) is 0 Å². The van der Waals surface area contributed by atoms with Crippen LogP contribution in [0.4, 0.5) is 4.79 Å². The molecule has 118 valence electrons. The standard InChI is InChI=1S/C13H19NO6S/c1-12(2,3)19-11(18)21-13(4,5)10(17)20-14-8(15)6-7-9(14)16/h6-7H2,1-5H3. The van der Waals surface area contributed by atoms with E-state index < -0.39 is 33.4 Å². The number of rotatable bonds is 3. The Labute approximate surface area is 127 Å². The van der Waals surface area contributed by atoms with Crippen molar-refractivity contribution >= 4 is 34.8 Å². The Kier molecular flexibility index (Phi) is 5.03. The lowest BCUT2D eigenvalue weighted by atomic mass is 10.2. The SMILES string of the molecule is CC(C)(C)OC(=O)SC(C)(C)C(=O)ON1C(=O)CCC1=O. The Morgan fingerprint density at radius 1 is 1.05 bits per heavy atom. The molecular weight excluding hydrogens is 298 g/mol. The van der Waals surface area contributed by atoms with E-state index in [4.69, 9.17) is 9.57 Å². The van der Waals surface area contributed by atoms with Gasteiger partial charge < -0.3 is 9.57 Å². The van der Waals surface area contributed by atoms with E-state index in [-0.39, 0.29) is 12.8 Å². The molecule has 8 heteroatoms. The third-order valence-corrected chi connectivity index (χ3v) is 3.33. The van der Waals surface area contributed by atoms with Gasteiger partial charge in [-0.15, -0.1) is 5.06 Å². The Morgan fingerprint density at radius 2 is 1.52 bits per heavy atom. The number of hydrogen-bond acceptors (Lipinski definition) is 7. The molecule has 0 atom stereocenters. The molecule has 1 aliphatic rings. The second-order valence-corrected chi connectivity index (χ2v) is 7.60. The molecule has 1 rings (SSSR count). The second-order valence-electron chi connectivity index (χ2n) is 6.04. The van der Waals surface area contributed by atoms with E-state index in [0.29, 0.717) is 16.8 Å². The Hall–Kier alpha value is -1.57. The first-order valence-corrected chi connectivity index (χ1v) is 7.24. The van der Waals surface area contributed by atoms with Crippen molar-refractivity contribution in [2.75, 3.05) is 0 Å². The van der Waals surface area contributed by atoms with Crippen LogP contribution in [-0.4, -0.2) is 38.5 Å². The lowest BCUT2D eigenvalue weighted by Gasteiger charge is -2.25. The minimum Gasteiger partial charge on any atom is -0.452 e. The summed E-state index contributed by atoms with van der Waals surface area (Å²) in [7, 11) is 0. The van der Waals surface area contributed by atoms with Gasteiger partial charge in [-0.05, 0) is 46.4 Å². The van der Waals surface area contributed by atoms with Crippen molar-refractivity contribution in [3.05, 3.63) is 0 Å². The molecule has 0 spiro atoms. The number of hydroxylamine groups is 2. The molecule has 1 fully saturated rings. The Bertz CT molecular complexity index is 464. The van der Waals surface area contributed by atoms with E-state index in [1.807, 2.05) is 0 Å². The zero-order chi connectivity index (χ0) is 16.4. The number of hydrogen-bond donors (Lipinski definition) is 0. The number of imide groups is 1. The predicted molar refractivity (Wildman–Crippen MR) is 75.1 cm³/mol. The van der Waals surface area contributed by atoms with Gasteiger partial charge in [-0.25, -0.2) is 9.59 Å². The van der Waals surface area contributed by atoms with Crippen molar-refractivity contribution in [1.29, 1.82) is 0 Å². The average Bonchev–Trinajstić information content (AvgIpc) is 2.57. The van der Waals surface area contributed by atoms with E-state index in [1.54, 1.807) is 20.8 Å². The lowest BCUT2D eigenvalue weighted by Crippen LogP contribution is -2.40. The van der Waals surface area contributed by atoms with E-state index in [0.717, 1.165) is 0 Å². The van der Waals surface area contributed by atoms with Gasteiger partial charge in [-0.3, -0.25) is 9.59 Å². The maximum Gasteiger partial charge on any atom is 0.368 e. The molecule has 0 unspecified atom stereocenters. The summed E-state index contributed by atoms with van der Waals surface area (Å²) < 4.78 is 3.82. The minimum absolute atomic E-state index is 0.0196. The molecule has 1 aliphatic heterocycles. The summed E-state index contributed by atoms with van der Waals surface area (Å²) in [6.07, 6.45) is 0.0392.